The minimum absolute atomic E-state index is 0.0648. The molecule has 0 aliphatic carbocycles. The van der Waals surface area contributed by atoms with Crippen LogP contribution in [0.4, 0.5) is 5.69 Å². The first kappa shape index (κ1) is 12.3. The lowest BCUT2D eigenvalue weighted by atomic mass is 10.2. The third-order valence-corrected chi connectivity index (χ3v) is 2.79. The fourth-order valence-corrected chi connectivity index (χ4v) is 1.77. The van der Waals surface area contributed by atoms with E-state index in [1.165, 1.54) is 18.3 Å². The highest BCUT2D eigenvalue weighted by atomic mass is 35.5. The minimum atomic E-state index is -0.510. The van der Waals surface area contributed by atoms with Gasteiger partial charge in [0.25, 0.3) is 5.69 Å². The van der Waals surface area contributed by atoms with Gasteiger partial charge in [0.15, 0.2) is 12.1 Å². The molecule has 92 valence electrons. The molecule has 0 spiro atoms. The van der Waals surface area contributed by atoms with Crippen molar-refractivity contribution >= 4 is 23.6 Å². The molecule has 1 heterocycles. The number of aromatic nitrogens is 2. The summed E-state index contributed by atoms with van der Waals surface area (Å²) < 4.78 is 1.61. The van der Waals surface area contributed by atoms with E-state index in [0.717, 1.165) is 0 Å². The number of nitro benzene ring substituents is 1. The molecule has 0 aliphatic heterocycles. The van der Waals surface area contributed by atoms with Crippen molar-refractivity contribution in [3.63, 3.8) is 0 Å². The lowest BCUT2D eigenvalue weighted by Gasteiger charge is -2.06. The Balaban J connectivity index is 2.30. The van der Waals surface area contributed by atoms with Gasteiger partial charge in [0.2, 0.25) is 0 Å². The molecule has 0 fully saturated rings. The maximum Gasteiger partial charge on any atom is 0.270 e. The van der Waals surface area contributed by atoms with Crippen molar-refractivity contribution in [2.45, 2.75) is 6.54 Å². The second-order valence-corrected chi connectivity index (χ2v) is 3.97. The molecule has 7 heteroatoms. The highest BCUT2D eigenvalue weighted by Crippen LogP contribution is 2.23. The topological polar surface area (TPSA) is 78.0 Å². The van der Waals surface area contributed by atoms with Gasteiger partial charge in [0.1, 0.15) is 0 Å². The lowest BCUT2D eigenvalue weighted by Crippen LogP contribution is -2.04. The molecule has 0 saturated heterocycles. The van der Waals surface area contributed by atoms with Gasteiger partial charge in [-0.25, -0.2) is 4.98 Å². The monoisotopic (exact) mass is 265 g/mol. The number of carbonyl (C=O) groups excluding carboxylic acids is 1. The first-order valence-corrected chi connectivity index (χ1v) is 5.38. The summed E-state index contributed by atoms with van der Waals surface area (Å²) >= 11 is 5.96. The van der Waals surface area contributed by atoms with Crippen molar-refractivity contribution in [2.24, 2.45) is 0 Å². The first-order valence-electron chi connectivity index (χ1n) is 5.01. The van der Waals surface area contributed by atoms with E-state index in [0.29, 0.717) is 18.4 Å². The molecule has 2 rings (SSSR count). The van der Waals surface area contributed by atoms with Crippen LogP contribution in [-0.2, 0) is 6.54 Å². The molecule has 1 aromatic carbocycles. The Kier molecular flexibility index (Phi) is 3.38. The summed E-state index contributed by atoms with van der Waals surface area (Å²) in [6, 6.07) is 4.22. The zero-order valence-corrected chi connectivity index (χ0v) is 9.87. The van der Waals surface area contributed by atoms with Crippen LogP contribution >= 0.6 is 11.6 Å². The van der Waals surface area contributed by atoms with Crippen LogP contribution < -0.4 is 0 Å². The van der Waals surface area contributed by atoms with Crippen molar-refractivity contribution in [1.29, 1.82) is 0 Å². The normalized spacial score (nSPS) is 10.3. The lowest BCUT2D eigenvalue weighted by molar-refractivity contribution is -0.384. The molecule has 0 amide bonds. The van der Waals surface area contributed by atoms with Crippen molar-refractivity contribution in [3.8, 4) is 0 Å². The maximum absolute atomic E-state index is 10.7. The smallest absolute Gasteiger partial charge is 0.270 e. The highest BCUT2D eigenvalue weighted by molar-refractivity contribution is 6.31. The number of hydrogen-bond acceptors (Lipinski definition) is 4. The van der Waals surface area contributed by atoms with Crippen molar-refractivity contribution in [1.82, 2.24) is 9.55 Å². The number of carbonyl (C=O) groups is 1. The van der Waals surface area contributed by atoms with E-state index in [-0.39, 0.29) is 16.5 Å². The number of nitrogens with zero attached hydrogens (tertiary/aromatic N) is 3. The maximum atomic E-state index is 10.7. The summed E-state index contributed by atoms with van der Waals surface area (Å²) in [7, 11) is 0. The second-order valence-electron chi connectivity index (χ2n) is 3.56. The van der Waals surface area contributed by atoms with E-state index >= 15 is 0 Å². The fraction of sp³-hybridized carbons (Fsp3) is 0.0909. The Bertz CT molecular complexity index is 609. The Morgan fingerprint density at radius 3 is 2.89 bits per heavy atom. The van der Waals surface area contributed by atoms with Gasteiger partial charge in [-0.1, -0.05) is 11.6 Å². The second kappa shape index (κ2) is 4.97. The summed E-state index contributed by atoms with van der Waals surface area (Å²) in [6.07, 6.45) is 3.78. The molecule has 18 heavy (non-hydrogen) atoms. The molecule has 1 aromatic heterocycles. The largest absolute Gasteiger partial charge is 0.324 e. The molecular formula is C11H8ClN3O3. The third-order valence-electron chi connectivity index (χ3n) is 2.44. The number of rotatable bonds is 4. The first-order chi connectivity index (χ1) is 8.61. The summed E-state index contributed by atoms with van der Waals surface area (Å²) in [6.45, 7) is 0.338. The number of halogens is 1. The van der Waals surface area contributed by atoms with Crippen LogP contribution in [0.25, 0.3) is 0 Å². The van der Waals surface area contributed by atoms with Gasteiger partial charge in [-0.05, 0) is 11.6 Å². The minimum Gasteiger partial charge on any atom is -0.324 e. The van der Waals surface area contributed by atoms with Gasteiger partial charge < -0.3 is 4.57 Å². The van der Waals surface area contributed by atoms with E-state index in [2.05, 4.69) is 4.98 Å². The fourth-order valence-electron chi connectivity index (χ4n) is 1.53. The van der Waals surface area contributed by atoms with E-state index in [1.54, 1.807) is 16.8 Å². The average molecular weight is 266 g/mol. The van der Waals surface area contributed by atoms with E-state index in [4.69, 9.17) is 11.6 Å². The summed E-state index contributed by atoms with van der Waals surface area (Å²) in [5, 5.41) is 10.9. The average Bonchev–Trinajstić information content (AvgIpc) is 2.78. The zero-order chi connectivity index (χ0) is 13.1. The quantitative estimate of drug-likeness (QED) is 0.483. The molecule has 0 aliphatic rings. The molecule has 0 saturated carbocycles. The predicted molar refractivity (Wildman–Crippen MR) is 64.8 cm³/mol. The third kappa shape index (κ3) is 2.38. The van der Waals surface area contributed by atoms with E-state index < -0.39 is 4.92 Å². The molecule has 0 unspecified atom stereocenters. The number of nitro groups is 1. The van der Waals surface area contributed by atoms with Crippen LogP contribution in [0.3, 0.4) is 0 Å². The van der Waals surface area contributed by atoms with E-state index in [1.807, 2.05) is 0 Å². The van der Waals surface area contributed by atoms with Crippen LogP contribution in [0.1, 0.15) is 16.2 Å². The number of imidazole rings is 1. The van der Waals surface area contributed by atoms with Gasteiger partial charge in [-0.15, -0.1) is 0 Å². The highest BCUT2D eigenvalue weighted by Gasteiger charge is 2.10. The summed E-state index contributed by atoms with van der Waals surface area (Å²) in [4.78, 5) is 24.6. The molecule has 6 nitrogen and oxygen atoms in total. The van der Waals surface area contributed by atoms with Crippen molar-refractivity contribution < 1.29 is 9.72 Å². The van der Waals surface area contributed by atoms with Crippen LogP contribution in [0.2, 0.25) is 5.02 Å². The molecule has 0 N–H and O–H groups in total. The van der Waals surface area contributed by atoms with Crippen LogP contribution in [0, 0.1) is 10.1 Å². The summed E-state index contributed by atoms with van der Waals surface area (Å²) in [5.41, 5.74) is 0.619. The van der Waals surface area contributed by atoms with Gasteiger partial charge in [-0.2, -0.15) is 0 Å². The van der Waals surface area contributed by atoms with Gasteiger partial charge in [0.05, 0.1) is 16.5 Å². The Hall–Kier alpha value is -2.21. The van der Waals surface area contributed by atoms with Crippen LogP contribution in [0.15, 0.2) is 30.6 Å². The Labute approximate surface area is 107 Å². The van der Waals surface area contributed by atoms with Gasteiger partial charge >= 0.3 is 0 Å². The number of non-ortho nitro benzene ring substituents is 1. The molecule has 0 radical (unpaired) electrons. The van der Waals surface area contributed by atoms with E-state index in [9.17, 15) is 14.9 Å². The zero-order valence-electron chi connectivity index (χ0n) is 9.12. The predicted octanol–water partition coefficient (Wildman–Crippen LogP) is 2.31. The van der Waals surface area contributed by atoms with Crippen LogP contribution in [0.5, 0.6) is 0 Å². The number of aldehydes is 1. The summed E-state index contributed by atoms with van der Waals surface area (Å²) in [5.74, 6) is 0.282. The molecule has 0 bridgehead atoms. The van der Waals surface area contributed by atoms with Crippen molar-refractivity contribution in [3.05, 3.63) is 57.1 Å². The molecular weight excluding hydrogens is 258 g/mol. The standard InChI is InChI=1S/C11H8ClN3O3/c12-10-5-9(15(17)18)2-1-8(10)6-14-4-3-13-11(14)7-16/h1-5,7H,6H2. The SMILES string of the molecule is O=Cc1nccn1Cc1ccc([N+](=O)[O-])cc1Cl. The Morgan fingerprint density at radius 1 is 1.50 bits per heavy atom. The Morgan fingerprint density at radius 2 is 2.28 bits per heavy atom. The van der Waals surface area contributed by atoms with Gasteiger partial charge in [-0.3, -0.25) is 14.9 Å². The number of benzene rings is 1. The molecule has 2 aromatic rings. The van der Waals surface area contributed by atoms with Gasteiger partial charge in [0, 0.05) is 24.5 Å². The van der Waals surface area contributed by atoms with Crippen LogP contribution in [-0.4, -0.2) is 20.8 Å². The van der Waals surface area contributed by atoms with Crippen molar-refractivity contribution in [2.75, 3.05) is 0 Å². The molecule has 0 atom stereocenters. The number of hydrogen-bond donors (Lipinski definition) is 0.